The third-order valence-electron chi connectivity index (χ3n) is 4.59. The summed E-state index contributed by atoms with van der Waals surface area (Å²) in [6, 6.07) is 3.97. The molecule has 0 saturated carbocycles. The highest BCUT2D eigenvalue weighted by Gasteiger charge is 2.25. The Labute approximate surface area is 142 Å². The van der Waals surface area contributed by atoms with E-state index in [1.807, 2.05) is 19.1 Å². The largest absolute Gasteiger partial charge is 0.550 e. The number of carbonyl (C=O) groups excluding carboxylic acids is 1. The molecule has 1 aromatic carbocycles. The Hall–Kier alpha value is -1.69. The van der Waals surface area contributed by atoms with Crippen LogP contribution in [0.5, 0.6) is 0 Å². The minimum atomic E-state index is -1.34. The quantitative estimate of drug-likeness (QED) is 0.717. The van der Waals surface area contributed by atoms with Crippen molar-refractivity contribution in [3.63, 3.8) is 0 Å². The van der Waals surface area contributed by atoms with E-state index in [9.17, 15) is 25.2 Å². The van der Waals surface area contributed by atoms with E-state index in [0.29, 0.717) is 5.92 Å². The first kappa shape index (κ1) is 18.6. The standard InChI is InChI=1S/C19H26O5/c1-11-7-14-4-3-13(12(2)19(14)17(22)8-11)5-6-15(20)9-16(21)10-18(23)24/h3-6,11,15-17,20-22H,7-10H2,1-2H3,(H,23,24)/p-1/b6-5+/t11-,15?,16?,17?/m1/s1. The van der Waals surface area contributed by atoms with Crippen molar-refractivity contribution in [3.05, 3.63) is 40.5 Å². The highest BCUT2D eigenvalue weighted by molar-refractivity contribution is 5.64. The number of rotatable bonds is 6. The fourth-order valence-corrected chi connectivity index (χ4v) is 3.43. The Balaban J connectivity index is 2.10. The second kappa shape index (κ2) is 7.92. The molecule has 0 spiro atoms. The molecule has 0 radical (unpaired) electrons. The van der Waals surface area contributed by atoms with Crippen LogP contribution in [0, 0.1) is 12.8 Å². The summed E-state index contributed by atoms with van der Waals surface area (Å²) in [4.78, 5) is 10.4. The molecule has 4 atom stereocenters. The van der Waals surface area contributed by atoms with Crippen LogP contribution >= 0.6 is 0 Å². The molecular weight excluding hydrogens is 308 g/mol. The van der Waals surface area contributed by atoms with Crippen molar-refractivity contribution in [3.8, 4) is 0 Å². The first-order chi connectivity index (χ1) is 11.3. The average molecular weight is 333 g/mol. The van der Waals surface area contributed by atoms with Crippen LogP contribution in [0.25, 0.3) is 6.08 Å². The van der Waals surface area contributed by atoms with Gasteiger partial charge in [-0.2, -0.15) is 0 Å². The van der Waals surface area contributed by atoms with Crippen LogP contribution in [0.3, 0.4) is 0 Å². The number of aliphatic hydroxyl groups excluding tert-OH is 3. The van der Waals surface area contributed by atoms with Gasteiger partial charge < -0.3 is 25.2 Å². The third-order valence-corrected chi connectivity index (χ3v) is 4.59. The molecule has 0 amide bonds. The van der Waals surface area contributed by atoms with E-state index in [0.717, 1.165) is 29.5 Å². The summed E-state index contributed by atoms with van der Waals surface area (Å²) in [5, 5.41) is 40.2. The van der Waals surface area contributed by atoms with Crippen molar-refractivity contribution in [2.75, 3.05) is 0 Å². The second-order valence-electron chi connectivity index (χ2n) is 6.81. The molecule has 3 unspecified atom stereocenters. The lowest BCUT2D eigenvalue weighted by molar-refractivity contribution is -0.307. The van der Waals surface area contributed by atoms with Crippen molar-refractivity contribution in [2.24, 2.45) is 5.92 Å². The highest BCUT2D eigenvalue weighted by Crippen LogP contribution is 2.36. The van der Waals surface area contributed by atoms with Crippen molar-refractivity contribution < 1.29 is 25.2 Å². The van der Waals surface area contributed by atoms with Crippen LogP contribution < -0.4 is 5.11 Å². The van der Waals surface area contributed by atoms with Gasteiger partial charge in [0.2, 0.25) is 0 Å². The lowest BCUT2D eigenvalue weighted by Crippen LogP contribution is -2.29. The van der Waals surface area contributed by atoms with E-state index in [4.69, 9.17) is 0 Å². The number of aliphatic hydroxyl groups is 3. The molecule has 132 valence electrons. The van der Waals surface area contributed by atoms with Crippen molar-refractivity contribution in [2.45, 2.75) is 57.8 Å². The van der Waals surface area contributed by atoms with E-state index in [1.54, 1.807) is 6.08 Å². The zero-order valence-corrected chi connectivity index (χ0v) is 14.1. The summed E-state index contributed by atoms with van der Waals surface area (Å²) in [6.45, 7) is 4.08. The first-order valence-electron chi connectivity index (χ1n) is 8.32. The zero-order chi connectivity index (χ0) is 17.9. The van der Waals surface area contributed by atoms with Gasteiger partial charge in [0, 0.05) is 18.8 Å². The van der Waals surface area contributed by atoms with Gasteiger partial charge in [0.25, 0.3) is 0 Å². The Morgan fingerprint density at radius 1 is 1.42 bits per heavy atom. The lowest BCUT2D eigenvalue weighted by atomic mass is 9.80. The Bertz CT molecular complexity index is 622. The van der Waals surface area contributed by atoms with Crippen molar-refractivity contribution in [1.29, 1.82) is 0 Å². The Kier molecular flexibility index (Phi) is 6.15. The molecule has 1 aliphatic rings. The molecule has 0 bridgehead atoms. The summed E-state index contributed by atoms with van der Waals surface area (Å²) >= 11 is 0. The molecule has 2 rings (SSSR count). The number of carboxylic acid groups (broad SMARTS) is 1. The SMILES string of the molecule is Cc1c(/C=C/C(O)CC(O)CC(=O)[O-])ccc2c1C(O)C[C@H](C)C2. The molecular formula is C19H25O5-. The number of benzene rings is 1. The highest BCUT2D eigenvalue weighted by atomic mass is 16.4. The Morgan fingerprint density at radius 3 is 2.79 bits per heavy atom. The zero-order valence-electron chi connectivity index (χ0n) is 14.1. The number of fused-ring (bicyclic) bond motifs is 1. The molecule has 5 nitrogen and oxygen atoms in total. The van der Waals surface area contributed by atoms with Gasteiger partial charge in [-0.3, -0.25) is 0 Å². The fraction of sp³-hybridized carbons (Fsp3) is 0.526. The summed E-state index contributed by atoms with van der Waals surface area (Å²) in [5.41, 5.74) is 4.03. The van der Waals surface area contributed by atoms with E-state index >= 15 is 0 Å². The summed E-state index contributed by atoms with van der Waals surface area (Å²) in [5.74, 6) is -0.882. The summed E-state index contributed by atoms with van der Waals surface area (Å²) in [6.07, 6.45) is 1.88. The van der Waals surface area contributed by atoms with Gasteiger partial charge in [-0.15, -0.1) is 0 Å². The van der Waals surface area contributed by atoms with Gasteiger partial charge in [0.15, 0.2) is 0 Å². The van der Waals surface area contributed by atoms with E-state index in [-0.39, 0.29) is 6.42 Å². The van der Waals surface area contributed by atoms with E-state index < -0.39 is 30.7 Å². The maximum absolute atomic E-state index is 10.4. The normalized spacial score (nSPS) is 23.0. The maximum Gasteiger partial charge on any atom is 0.0798 e. The van der Waals surface area contributed by atoms with Crippen LogP contribution in [-0.4, -0.2) is 33.5 Å². The number of hydrogen-bond donors (Lipinski definition) is 3. The van der Waals surface area contributed by atoms with Gasteiger partial charge >= 0.3 is 0 Å². The third kappa shape index (κ3) is 4.66. The van der Waals surface area contributed by atoms with Gasteiger partial charge in [-0.25, -0.2) is 0 Å². The van der Waals surface area contributed by atoms with Crippen molar-refractivity contribution in [1.82, 2.24) is 0 Å². The number of aliphatic carboxylic acids is 1. The maximum atomic E-state index is 10.4. The first-order valence-corrected chi connectivity index (χ1v) is 8.32. The number of hydrogen-bond acceptors (Lipinski definition) is 5. The predicted molar refractivity (Wildman–Crippen MR) is 88.9 cm³/mol. The van der Waals surface area contributed by atoms with Crippen LogP contribution in [0.1, 0.15) is 54.5 Å². The minimum Gasteiger partial charge on any atom is -0.550 e. The van der Waals surface area contributed by atoms with E-state index in [1.165, 1.54) is 11.6 Å². The smallest absolute Gasteiger partial charge is 0.0798 e. The molecule has 0 aromatic heterocycles. The molecule has 24 heavy (non-hydrogen) atoms. The predicted octanol–water partition coefficient (Wildman–Crippen LogP) is 0.876. The van der Waals surface area contributed by atoms with Gasteiger partial charge in [0.05, 0.1) is 18.3 Å². The number of carbonyl (C=O) groups is 1. The molecule has 1 aliphatic carbocycles. The fourth-order valence-electron chi connectivity index (χ4n) is 3.43. The summed E-state index contributed by atoms with van der Waals surface area (Å²) < 4.78 is 0. The number of carboxylic acids is 1. The van der Waals surface area contributed by atoms with Crippen LogP contribution in [0.2, 0.25) is 0 Å². The topological polar surface area (TPSA) is 101 Å². The van der Waals surface area contributed by atoms with Gasteiger partial charge in [-0.05, 0) is 47.9 Å². The molecule has 5 heteroatoms. The molecule has 1 aromatic rings. The molecule has 0 saturated heterocycles. The van der Waals surface area contributed by atoms with Crippen LogP contribution in [-0.2, 0) is 11.2 Å². The van der Waals surface area contributed by atoms with Gasteiger partial charge in [-0.1, -0.05) is 31.2 Å². The van der Waals surface area contributed by atoms with Crippen LogP contribution in [0.15, 0.2) is 18.2 Å². The second-order valence-corrected chi connectivity index (χ2v) is 6.81. The lowest BCUT2D eigenvalue weighted by Gasteiger charge is -2.28. The van der Waals surface area contributed by atoms with Crippen molar-refractivity contribution >= 4 is 12.0 Å². The molecule has 0 aliphatic heterocycles. The summed E-state index contributed by atoms with van der Waals surface area (Å²) in [7, 11) is 0. The molecule has 3 N–H and O–H groups in total. The molecule has 0 fully saturated rings. The average Bonchev–Trinajstić information content (AvgIpc) is 2.44. The van der Waals surface area contributed by atoms with Crippen LogP contribution in [0.4, 0.5) is 0 Å². The minimum absolute atomic E-state index is 0.0609. The Morgan fingerprint density at radius 2 is 2.12 bits per heavy atom. The van der Waals surface area contributed by atoms with E-state index in [2.05, 4.69) is 6.92 Å². The molecule has 0 heterocycles. The van der Waals surface area contributed by atoms with Gasteiger partial charge in [0.1, 0.15) is 0 Å². The monoisotopic (exact) mass is 333 g/mol.